The van der Waals surface area contributed by atoms with E-state index in [1.54, 1.807) is 55.6 Å². The maximum absolute atomic E-state index is 13.6. The SMILES string of the molecule is COC(=O)c1ccccc1SC1=C(C(=O)OCc2ccc(OC)cc2)N2C(=O)[C@@H](NC(=O)Cc3ccccc3)[C@H]2SC1. The van der Waals surface area contributed by atoms with Crippen LogP contribution in [0.5, 0.6) is 5.75 Å². The Hall–Kier alpha value is -4.22. The van der Waals surface area contributed by atoms with Gasteiger partial charge < -0.3 is 19.5 Å². The van der Waals surface area contributed by atoms with Crippen LogP contribution in [0.2, 0.25) is 0 Å². The molecule has 0 aliphatic carbocycles. The van der Waals surface area contributed by atoms with Crippen LogP contribution in [-0.2, 0) is 36.9 Å². The Morgan fingerprint density at radius 1 is 0.929 bits per heavy atom. The predicted octanol–water partition coefficient (Wildman–Crippen LogP) is 4.17. The molecule has 0 unspecified atom stereocenters. The third kappa shape index (κ3) is 6.32. The summed E-state index contributed by atoms with van der Waals surface area (Å²) < 4.78 is 15.8. The summed E-state index contributed by atoms with van der Waals surface area (Å²) in [5.74, 6) is -0.813. The van der Waals surface area contributed by atoms with Gasteiger partial charge in [0.25, 0.3) is 5.91 Å². The summed E-state index contributed by atoms with van der Waals surface area (Å²) in [5, 5.41) is 2.36. The van der Waals surface area contributed by atoms with Gasteiger partial charge in [0.15, 0.2) is 0 Å². The van der Waals surface area contributed by atoms with Crippen molar-refractivity contribution in [3.8, 4) is 5.75 Å². The van der Waals surface area contributed by atoms with Gasteiger partial charge in [-0.05, 0) is 35.4 Å². The highest BCUT2D eigenvalue weighted by Gasteiger charge is 2.54. The Labute approximate surface area is 251 Å². The third-order valence-electron chi connectivity index (χ3n) is 6.71. The van der Waals surface area contributed by atoms with Crippen molar-refractivity contribution in [3.05, 3.63) is 106 Å². The van der Waals surface area contributed by atoms with E-state index in [2.05, 4.69) is 5.32 Å². The van der Waals surface area contributed by atoms with Crippen molar-refractivity contribution < 1.29 is 33.4 Å². The maximum atomic E-state index is 13.6. The van der Waals surface area contributed by atoms with E-state index in [0.717, 1.165) is 11.1 Å². The average Bonchev–Trinajstić information content (AvgIpc) is 3.02. The van der Waals surface area contributed by atoms with E-state index in [1.807, 2.05) is 30.3 Å². The van der Waals surface area contributed by atoms with Crippen LogP contribution in [0.4, 0.5) is 0 Å². The molecule has 216 valence electrons. The fraction of sp³-hybridized carbons (Fsp3) is 0.226. The van der Waals surface area contributed by atoms with Crippen LogP contribution < -0.4 is 10.1 Å². The van der Waals surface area contributed by atoms with Gasteiger partial charge in [0, 0.05) is 15.6 Å². The van der Waals surface area contributed by atoms with Crippen LogP contribution in [0.25, 0.3) is 0 Å². The predicted molar refractivity (Wildman–Crippen MR) is 159 cm³/mol. The van der Waals surface area contributed by atoms with E-state index >= 15 is 0 Å². The second-order valence-corrected chi connectivity index (χ2v) is 11.6. The number of esters is 2. The molecule has 1 fully saturated rings. The highest BCUT2D eigenvalue weighted by Crippen LogP contribution is 2.46. The minimum absolute atomic E-state index is 0.0138. The highest BCUT2D eigenvalue weighted by molar-refractivity contribution is 8.06. The lowest BCUT2D eigenvalue weighted by Gasteiger charge is -2.49. The number of thioether (sulfide) groups is 2. The van der Waals surface area contributed by atoms with Gasteiger partial charge in [-0.2, -0.15) is 0 Å². The molecule has 1 N–H and O–H groups in total. The molecular formula is C31H28N2O7S2. The summed E-state index contributed by atoms with van der Waals surface area (Å²) in [5.41, 5.74) is 2.03. The van der Waals surface area contributed by atoms with E-state index in [1.165, 1.54) is 35.5 Å². The topological polar surface area (TPSA) is 111 Å². The molecule has 3 aromatic rings. The number of benzene rings is 3. The number of nitrogens with zero attached hydrogens (tertiary/aromatic N) is 1. The van der Waals surface area contributed by atoms with Gasteiger partial charge >= 0.3 is 11.9 Å². The molecule has 42 heavy (non-hydrogen) atoms. The molecule has 11 heteroatoms. The Kier molecular flexibility index (Phi) is 9.19. The molecule has 0 spiro atoms. The number of nitrogens with one attached hydrogen (secondary N) is 1. The van der Waals surface area contributed by atoms with Crippen molar-refractivity contribution in [1.82, 2.24) is 10.2 Å². The van der Waals surface area contributed by atoms with Crippen LogP contribution in [0.1, 0.15) is 21.5 Å². The molecule has 2 amide bonds. The molecule has 2 aliphatic heterocycles. The van der Waals surface area contributed by atoms with Crippen LogP contribution in [0, 0.1) is 0 Å². The van der Waals surface area contributed by atoms with Crippen molar-refractivity contribution in [1.29, 1.82) is 0 Å². The van der Waals surface area contributed by atoms with Crippen molar-refractivity contribution in [2.75, 3.05) is 20.0 Å². The molecule has 0 aromatic heterocycles. The smallest absolute Gasteiger partial charge is 0.356 e. The number of methoxy groups -OCH3 is 2. The summed E-state index contributed by atoms with van der Waals surface area (Å²) in [6.45, 7) is -0.0138. The zero-order chi connectivity index (χ0) is 29.6. The summed E-state index contributed by atoms with van der Waals surface area (Å²) in [4.78, 5) is 54.7. The van der Waals surface area contributed by atoms with Crippen LogP contribution in [-0.4, -0.2) is 60.0 Å². The summed E-state index contributed by atoms with van der Waals surface area (Å²) in [6.07, 6.45) is 0.139. The normalized spacial score (nSPS) is 17.6. The molecule has 2 atom stereocenters. The second kappa shape index (κ2) is 13.2. The fourth-order valence-corrected chi connectivity index (χ4v) is 7.16. The van der Waals surface area contributed by atoms with Crippen molar-refractivity contribution in [2.45, 2.75) is 29.3 Å². The lowest BCUT2D eigenvalue weighted by atomic mass is 10.0. The summed E-state index contributed by atoms with van der Waals surface area (Å²) in [6, 6.07) is 22.5. The van der Waals surface area contributed by atoms with E-state index in [-0.39, 0.29) is 24.6 Å². The van der Waals surface area contributed by atoms with Gasteiger partial charge in [-0.1, -0.05) is 66.4 Å². The minimum Gasteiger partial charge on any atom is -0.497 e. The monoisotopic (exact) mass is 604 g/mol. The number of hydrogen-bond donors (Lipinski definition) is 1. The van der Waals surface area contributed by atoms with Gasteiger partial charge in [-0.25, -0.2) is 9.59 Å². The Bertz CT molecular complexity index is 1530. The Morgan fingerprint density at radius 3 is 2.36 bits per heavy atom. The lowest BCUT2D eigenvalue weighted by molar-refractivity contribution is -0.153. The van der Waals surface area contributed by atoms with Gasteiger partial charge in [0.05, 0.1) is 26.2 Å². The van der Waals surface area contributed by atoms with Crippen LogP contribution in [0.3, 0.4) is 0 Å². The first kappa shape index (κ1) is 29.3. The summed E-state index contributed by atoms with van der Waals surface area (Å²) in [7, 11) is 2.87. The third-order valence-corrected chi connectivity index (χ3v) is 9.33. The summed E-state index contributed by atoms with van der Waals surface area (Å²) >= 11 is 2.65. The first-order valence-corrected chi connectivity index (χ1v) is 14.9. The number of β-lactam (4-membered cyclic amide) rings is 1. The van der Waals surface area contributed by atoms with E-state index in [9.17, 15) is 19.2 Å². The molecule has 2 heterocycles. The number of carbonyl (C=O) groups excluding carboxylic acids is 4. The Balaban J connectivity index is 1.38. The fourth-order valence-electron chi connectivity index (χ4n) is 4.57. The lowest BCUT2D eigenvalue weighted by Crippen LogP contribution is -2.70. The van der Waals surface area contributed by atoms with Gasteiger partial charge in [0.1, 0.15) is 29.5 Å². The molecule has 3 aromatic carbocycles. The van der Waals surface area contributed by atoms with E-state index in [4.69, 9.17) is 14.2 Å². The quantitative estimate of drug-likeness (QED) is 0.269. The average molecular weight is 605 g/mol. The van der Waals surface area contributed by atoms with Crippen LogP contribution in [0.15, 0.2) is 94.4 Å². The first-order valence-electron chi connectivity index (χ1n) is 13.1. The van der Waals surface area contributed by atoms with E-state index in [0.29, 0.717) is 26.9 Å². The largest absolute Gasteiger partial charge is 0.497 e. The number of amides is 2. The zero-order valence-corrected chi connectivity index (χ0v) is 24.5. The minimum atomic E-state index is -0.774. The number of ether oxygens (including phenoxy) is 3. The van der Waals surface area contributed by atoms with Gasteiger partial charge in [-0.15, -0.1) is 11.8 Å². The molecule has 0 saturated carbocycles. The Morgan fingerprint density at radius 2 is 1.64 bits per heavy atom. The number of fused-ring (bicyclic) bond motifs is 1. The van der Waals surface area contributed by atoms with Gasteiger partial charge in [-0.3, -0.25) is 14.5 Å². The van der Waals surface area contributed by atoms with Crippen LogP contribution >= 0.6 is 23.5 Å². The zero-order valence-electron chi connectivity index (χ0n) is 22.9. The standard InChI is InChI=1S/C31H28N2O7S2/c1-38-21-14-12-20(13-15-21)17-40-31(37)27-24(42-23-11-7-6-10-22(23)30(36)39-2)18-41-29-26(28(35)33(27)29)32-25(34)16-19-8-4-3-5-9-19/h3-15,26,29H,16-18H2,1-2H3,(H,32,34)/t26-,29-/m1/s1. The van der Waals surface area contributed by atoms with Crippen molar-refractivity contribution >= 4 is 47.3 Å². The number of rotatable bonds is 10. The van der Waals surface area contributed by atoms with Gasteiger partial charge in [0.2, 0.25) is 5.91 Å². The molecule has 2 aliphatic rings. The molecule has 5 rings (SSSR count). The maximum Gasteiger partial charge on any atom is 0.356 e. The second-order valence-electron chi connectivity index (χ2n) is 9.40. The molecule has 0 radical (unpaired) electrons. The highest BCUT2D eigenvalue weighted by atomic mass is 32.2. The molecular weight excluding hydrogens is 576 g/mol. The van der Waals surface area contributed by atoms with Crippen molar-refractivity contribution in [3.63, 3.8) is 0 Å². The van der Waals surface area contributed by atoms with Crippen molar-refractivity contribution in [2.24, 2.45) is 0 Å². The molecule has 0 bridgehead atoms. The number of hydrogen-bond acceptors (Lipinski definition) is 9. The first-order chi connectivity index (χ1) is 20.4. The number of carbonyl (C=O) groups is 4. The molecule has 9 nitrogen and oxygen atoms in total. The van der Waals surface area contributed by atoms with E-state index < -0.39 is 29.3 Å². The molecule has 1 saturated heterocycles.